The van der Waals surface area contributed by atoms with Crippen molar-refractivity contribution in [2.24, 2.45) is 0 Å². The molecule has 1 atom stereocenters. The summed E-state index contributed by atoms with van der Waals surface area (Å²) in [4.78, 5) is 10.7. The highest BCUT2D eigenvalue weighted by Gasteiger charge is 2.16. The Labute approximate surface area is 100 Å². The van der Waals surface area contributed by atoms with Gasteiger partial charge in [0.1, 0.15) is 6.10 Å². The number of hydrogen-bond acceptors (Lipinski definition) is 5. The Morgan fingerprint density at radius 2 is 1.94 bits per heavy atom. The number of benzene rings is 1. The molecule has 94 valence electrons. The van der Waals surface area contributed by atoms with E-state index in [0.717, 1.165) is 11.8 Å². The molecule has 17 heavy (non-hydrogen) atoms. The second-order valence-corrected chi connectivity index (χ2v) is 5.23. The molecule has 0 aliphatic carbocycles. The van der Waals surface area contributed by atoms with Crippen molar-refractivity contribution in [2.75, 3.05) is 6.26 Å². The Kier molecular flexibility index (Phi) is 4.65. The van der Waals surface area contributed by atoms with Crippen molar-refractivity contribution in [1.82, 2.24) is 0 Å². The molecule has 1 aromatic rings. The summed E-state index contributed by atoms with van der Waals surface area (Å²) in [5, 5.41) is 10.7. The van der Waals surface area contributed by atoms with E-state index in [0.29, 0.717) is 6.42 Å². The number of carbonyl (C=O) groups is 1. The third-order valence-corrected chi connectivity index (χ3v) is 2.67. The van der Waals surface area contributed by atoms with Crippen LogP contribution in [0.3, 0.4) is 0 Å². The van der Waals surface area contributed by atoms with E-state index in [1.165, 1.54) is 0 Å². The van der Waals surface area contributed by atoms with E-state index < -0.39 is 22.2 Å². The van der Waals surface area contributed by atoms with E-state index in [2.05, 4.69) is 4.18 Å². The third kappa shape index (κ3) is 5.46. The van der Waals surface area contributed by atoms with Crippen LogP contribution in [0.1, 0.15) is 12.0 Å². The highest BCUT2D eigenvalue weighted by Crippen LogP contribution is 2.09. The van der Waals surface area contributed by atoms with Gasteiger partial charge in [0.2, 0.25) is 0 Å². The van der Waals surface area contributed by atoms with Gasteiger partial charge >= 0.3 is 0 Å². The molecule has 1 aromatic carbocycles. The smallest absolute Gasteiger partial charge is 0.265 e. The van der Waals surface area contributed by atoms with Gasteiger partial charge in [-0.1, -0.05) is 30.3 Å². The quantitative estimate of drug-likeness (QED) is 0.654. The molecule has 0 saturated heterocycles. The van der Waals surface area contributed by atoms with E-state index in [9.17, 15) is 18.3 Å². The molecule has 0 spiro atoms. The predicted molar refractivity (Wildman–Crippen MR) is 59.5 cm³/mol. The Morgan fingerprint density at radius 1 is 1.35 bits per heavy atom. The van der Waals surface area contributed by atoms with Crippen LogP contribution in [-0.2, 0) is 25.5 Å². The van der Waals surface area contributed by atoms with Crippen LogP contribution in [0.15, 0.2) is 30.3 Å². The Bertz CT molecular complexity index is 466. The summed E-state index contributed by atoms with van der Waals surface area (Å²) in [7, 11) is -3.79. The van der Waals surface area contributed by atoms with Crippen molar-refractivity contribution >= 4 is 16.1 Å². The van der Waals surface area contributed by atoms with Crippen LogP contribution in [0, 0.1) is 0 Å². The maximum atomic E-state index is 10.8. The van der Waals surface area contributed by atoms with Gasteiger partial charge in [-0.3, -0.25) is 4.18 Å². The first kappa shape index (κ1) is 13.7. The molecule has 1 rings (SSSR count). The maximum absolute atomic E-state index is 10.8. The average molecular weight is 257 g/mol. The molecule has 1 unspecified atom stereocenters. The molecular weight excluding hydrogens is 244 g/mol. The average Bonchev–Trinajstić information content (AvgIpc) is 2.24. The Balaban J connectivity index is 2.60. The first-order valence-electron chi connectivity index (χ1n) is 5.01. The van der Waals surface area contributed by atoms with Crippen molar-refractivity contribution in [3.05, 3.63) is 35.9 Å². The SMILES string of the molecule is CS(=O)(=O)OC(CCc1ccccc1)C(=O)[O-]. The lowest BCUT2D eigenvalue weighted by Crippen LogP contribution is -2.39. The van der Waals surface area contributed by atoms with E-state index in [-0.39, 0.29) is 6.42 Å². The summed E-state index contributed by atoms with van der Waals surface area (Å²) >= 11 is 0. The number of carbonyl (C=O) groups excluding carboxylic acids is 1. The van der Waals surface area contributed by atoms with Crippen LogP contribution in [0.5, 0.6) is 0 Å². The molecule has 6 heteroatoms. The van der Waals surface area contributed by atoms with Gasteiger partial charge in [0.25, 0.3) is 10.1 Å². The highest BCUT2D eigenvalue weighted by molar-refractivity contribution is 7.86. The van der Waals surface area contributed by atoms with Crippen LogP contribution in [0.4, 0.5) is 0 Å². The van der Waals surface area contributed by atoms with Gasteiger partial charge in [0.15, 0.2) is 0 Å². The van der Waals surface area contributed by atoms with Crippen molar-refractivity contribution in [3.63, 3.8) is 0 Å². The normalized spacial score (nSPS) is 13.2. The zero-order valence-corrected chi connectivity index (χ0v) is 10.1. The van der Waals surface area contributed by atoms with Crippen LogP contribution in [0.2, 0.25) is 0 Å². The summed E-state index contributed by atoms with van der Waals surface area (Å²) in [6.07, 6.45) is -0.162. The summed E-state index contributed by atoms with van der Waals surface area (Å²) in [6.45, 7) is 0. The van der Waals surface area contributed by atoms with E-state index in [4.69, 9.17) is 0 Å². The largest absolute Gasteiger partial charge is 0.547 e. The number of aliphatic carboxylic acids is 1. The van der Waals surface area contributed by atoms with Gasteiger partial charge in [-0.2, -0.15) is 8.42 Å². The lowest BCUT2D eigenvalue weighted by molar-refractivity contribution is -0.313. The van der Waals surface area contributed by atoms with E-state index in [1.54, 1.807) is 0 Å². The maximum Gasteiger partial charge on any atom is 0.265 e. The monoisotopic (exact) mass is 257 g/mol. The summed E-state index contributed by atoms with van der Waals surface area (Å²) < 4.78 is 26.1. The molecule has 0 saturated carbocycles. The van der Waals surface area contributed by atoms with Gasteiger partial charge in [-0.05, 0) is 18.4 Å². The van der Waals surface area contributed by atoms with Crippen LogP contribution in [-0.4, -0.2) is 26.7 Å². The van der Waals surface area contributed by atoms with Gasteiger partial charge in [0, 0.05) is 0 Å². The fourth-order valence-corrected chi connectivity index (χ4v) is 1.96. The third-order valence-electron chi connectivity index (χ3n) is 2.09. The minimum absolute atomic E-state index is 0.0550. The Morgan fingerprint density at radius 3 is 2.41 bits per heavy atom. The second kappa shape index (κ2) is 5.79. The lowest BCUT2D eigenvalue weighted by atomic mass is 10.1. The zero-order chi connectivity index (χ0) is 12.9. The molecule has 0 radical (unpaired) electrons. The molecule has 0 aliphatic rings. The van der Waals surface area contributed by atoms with Gasteiger partial charge in [-0.25, -0.2) is 0 Å². The van der Waals surface area contributed by atoms with E-state index >= 15 is 0 Å². The topological polar surface area (TPSA) is 83.5 Å². The van der Waals surface area contributed by atoms with Crippen molar-refractivity contribution in [2.45, 2.75) is 18.9 Å². The lowest BCUT2D eigenvalue weighted by Gasteiger charge is -2.16. The van der Waals surface area contributed by atoms with Gasteiger partial charge in [0.05, 0.1) is 12.2 Å². The summed E-state index contributed by atoms with van der Waals surface area (Å²) in [5.74, 6) is -1.52. The molecule has 0 aromatic heterocycles. The number of carboxylic acid groups (broad SMARTS) is 1. The minimum Gasteiger partial charge on any atom is -0.547 e. The molecule has 0 bridgehead atoms. The number of aryl methyl sites for hydroxylation is 1. The fourth-order valence-electron chi connectivity index (χ4n) is 1.36. The minimum atomic E-state index is -3.79. The number of rotatable bonds is 6. The van der Waals surface area contributed by atoms with Crippen LogP contribution >= 0.6 is 0 Å². The molecule has 0 aliphatic heterocycles. The number of hydrogen-bond donors (Lipinski definition) is 0. The Hall–Kier alpha value is -1.40. The molecule has 0 fully saturated rings. The fraction of sp³-hybridized carbons (Fsp3) is 0.364. The van der Waals surface area contributed by atoms with E-state index in [1.807, 2.05) is 30.3 Å². The van der Waals surface area contributed by atoms with Gasteiger partial charge < -0.3 is 9.90 Å². The molecule has 0 N–H and O–H groups in total. The van der Waals surface area contributed by atoms with Crippen molar-refractivity contribution in [3.8, 4) is 0 Å². The molecule has 5 nitrogen and oxygen atoms in total. The zero-order valence-electron chi connectivity index (χ0n) is 9.33. The van der Waals surface area contributed by atoms with Crippen molar-refractivity contribution < 1.29 is 22.5 Å². The van der Waals surface area contributed by atoms with Crippen LogP contribution < -0.4 is 5.11 Å². The molecular formula is C11H13O5S-. The molecule has 0 heterocycles. The first-order valence-corrected chi connectivity index (χ1v) is 6.83. The van der Waals surface area contributed by atoms with Crippen molar-refractivity contribution in [1.29, 1.82) is 0 Å². The first-order chi connectivity index (χ1) is 7.88. The predicted octanol–water partition coefficient (Wildman–Crippen LogP) is -0.286. The molecule has 0 amide bonds. The summed E-state index contributed by atoms with van der Waals surface area (Å²) in [5.41, 5.74) is 0.913. The van der Waals surface area contributed by atoms with Gasteiger partial charge in [-0.15, -0.1) is 0 Å². The van der Waals surface area contributed by atoms with Crippen LogP contribution in [0.25, 0.3) is 0 Å². The second-order valence-electron chi connectivity index (χ2n) is 3.63. The number of carboxylic acids is 1. The summed E-state index contributed by atoms with van der Waals surface area (Å²) in [6, 6.07) is 9.13. The standard InChI is InChI=1S/C11H14O5S/c1-17(14,15)16-10(11(12)13)8-7-9-5-3-2-4-6-9/h2-6,10H,7-8H2,1H3,(H,12,13)/p-1. The highest BCUT2D eigenvalue weighted by atomic mass is 32.2.